The van der Waals surface area contributed by atoms with Gasteiger partial charge in [-0.05, 0) is 45.6 Å². The van der Waals surface area contributed by atoms with Gasteiger partial charge >= 0.3 is 0 Å². The highest BCUT2D eigenvalue weighted by Crippen LogP contribution is 2.31. The summed E-state index contributed by atoms with van der Waals surface area (Å²) in [4.78, 5) is 2.17. The van der Waals surface area contributed by atoms with Crippen molar-refractivity contribution < 1.29 is 0 Å². The molecule has 1 aliphatic rings. The lowest BCUT2D eigenvalue weighted by molar-refractivity contribution is 0.160. The van der Waals surface area contributed by atoms with Gasteiger partial charge in [0.15, 0.2) is 5.11 Å². The highest BCUT2D eigenvalue weighted by Gasteiger charge is 2.37. The summed E-state index contributed by atoms with van der Waals surface area (Å²) in [6.07, 6.45) is 3.65. The second-order valence-electron chi connectivity index (χ2n) is 3.86. The van der Waals surface area contributed by atoms with Crippen LogP contribution in [-0.2, 0) is 0 Å². The predicted octanol–water partition coefficient (Wildman–Crippen LogP) is 0.304. The van der Waals surface area contributed by atoms with Crippen molar-refractivity contribution >= 4 is 17.3 Å². The van der Waals surface area contributed by atoms with Gasteiger partial charge < -0.3 is 16.0 Å². The molecule has 12 heavy (non-hydrogen) atoms. The lowest BCUT2D eigenvalue weighted by Crippen LogP contribution is -2.60. The third-order valence-electron chi connectivity index (χ3n) is 2.32. The number of rotatable bonds is 3. The van der Waals surface area contributed by atoms with Crippen LogP contribution in [0.4, 0.5) is 0 Å². The summed E-state index contributed by atoms with van der Waals surface area (Å²) in [7, 11) is 4.14. The van der Waals surface area contributed by atoms with Crippen LogP contribution in [0, 0.1) is 0 Å². The van der Waals surface area contributed by atoms with Crippen molar-refractivity contribution in [3.05, 3.63) is 0 Å². The van der Waals surface area contributed by atoms with Crippen LogP contribution in [0.2, 0.25) is 0 Å². The van der Waals surface area contributed by atoms with Crippen LogP contribution in [0.15, 0.2) is 0 Å². The molecule has 0 radical (unpaired) electrons. The van der Waals surface area contributed by atoms with E-state index in [4.69, 9.17) is 18.0 Å². The van der Waals surface area contributed by atoms with Crippen LogP contribution >= 0.6 is 12.2 Å². The van der Waals surface area contributed by atoms with E-state index in [0.717, 1.165) is 6.54 Å². The van der Waals surface area contributed by atoms with Crippen LogP contribution in [0.5, 0.6) is 0 Å². The zero-order chi connectivity index (χ0) is 9.19. The van der Waals surface area contributed by atoms with E-state index >= 15 is 0 Å². The second-order valence-corrected chi connectivity index (χ2v) is 4.30. The van der Waals surface area contributed by atoms with Crippen LogP contribution in [0.1, 0.15) is 19.3 Å². The predicted molar refractivity (Wildman–Crippen MR) is 55.1 cm³/mol. The molecule has 1 saturated carbocycles. The maximum atomic E-state index is 5.47. The number of hydrogen-bond acceptors (Lipinski definition) is 2. The Morgan fingerprint density at radius 3 is 2.42 bits per heavy atom. The van der Waals surface area contributed by atoms with Gasteiger partial charge in [0.1, 0.15) is 0 Å². The molecule has 0 amide bonds. The summed E-state index contributed by atoms with van der Waals surface area (Å²) >= 11 is 4.84. The van der Waals surface area contributed by atoms with Crippen molar-refractivity contribution in [2.45, 2.75) is 24.8 Å². The number of nitrogens with zero attached hydrogens (tertiary/aromatic N) is 1. The lowest BCUT2D eigenvalue weighted by Gasteiger charge is -2.44. The van der Waals surface area contributed by atoms with Gasteiger partial charge in [0, 0.05) is 6.54 Å². The number of nitrogens with one attached hydrogen (secondary N) is 1. The minimum Gasteiger partial charge on any atom is -0.376 e. The molecule has 1 rings (SSSR count). The Bertz CT molecular complexity index is 175. The fraction of sp³-hybridized carbons (Fsp3) is 0.875. The molecule has 0 aromatic heterocycles. The zero-order valence-corrected chi connectivity index (χ0v) is 8.58. The Morgan fingerprint density at radius 1 is 1.58 bits per heavy atom. The Morgan fingerprint density at radius 2 is 2.17 bits per heavy atom. The van der Waals surface area contributed by atoms with E-state index in [1.54, 1.807) is 0 Å². The SMILES string of the molecule is CN(C)CC1(NC(N)=S)CCC1. The second kappa shape index (κ2) is 3.58. The first-order chi connectivity index (χ1) is 5.54. The van der Waals surface area contributed by atoms with Gasteiger partial charge in [0.25, 0.3) is 0 Å². The van der Waals surface area contributed by atoms with Crippen molar-refractivity contribution in [2.75, 3.05) is 20.6 Å². The van der Waals surface area contributed by atoms with E-state index in [9.17, 15) is 0 Å². The maximum Gasteiger partial charge on any atom is 0.164 e. The molecular weight excluding hydrogens is 170 g/mol. The Labute approximate surface area is 79.3 Å². The number of thiocarbonyl (C=S) groups is 1. The summed E-state index contributed by atoms with van der Waals surface area (Å²) in [6.45, 7) is 1.02. The minimum atomic E-state index is 0.176. The number of likely N-dealkylation sites (N-methyl/N-ethyl adjacent to an activating group) is 1. The molecule has 0 aliphatic heterocycles. The van der Waals surface area contributed by atoms with E-state index in [2.05, 4.69) is 24.3 Å². The van der Waals surface area contributed by atoms with Gasteiger partial charge in [-0.2, -0.15) is 0 Å². The Hall–Kier alpha value is -0.350. The molecule has 0 bridgehead atoms. The van der Waals surface area contributed by atoms with Crippen LogP contribution in [0.3, 0.4) is 0 Å². The van der Waals surface area contributed by atoms with Crippen LogP contribution in [-0.4, -0.2) is 36.2 Å². The molecule has 1 aliphatic carbocycles. The number of nitrogens with two attached hydrogens (primary N) is 1. The van der Waals surface area contributed by atoms with Crippen LogP contribution in [0.25, 0.3) is 0 Å². The summed E-state index contributed by atoms with van der Waals surface area (Å²) in [6, 6.07) is 0. The van der Waals surface area contributed by atoms with Gasteiger partial charge in [-0.25, -0.2) is 0 Å². The van der Waals surface area contributed by atoms with Crippen LogP contribution < -0.4 is 11.1 Å². The minimum absolute atomic E-state index is 0.176. The van der Waals surface area contributed by atoms with Crippen molar-refractivity contribution in [1.82, 2.24) is 10.2 Å². The highest BCUT2D eigenvalue weighted by molar-refractivity contribution is 7.80. The van der Waals surface area contributed by atoms with Gasteiger partial charge in [-0.3, -0.25) is 0 Å². The van der Waals surface area contributed by atoms with E-state index < -0.39 is 0 Å². The molecule has 1 fully saturated rings. The van der Waals surface area contributed by atoms with E-state index in [0.29, 0.717) is 5.11 Å². The monoisotopic (exact) mass is 187 g/mol. The van der Waals surface area contributed by atoms with Gasteiger partial charge in [-0.1, -0.05) is 0 Å². The fourth-order valence-corrected chi connectivity index (χ4v) is 2.01. The van der Waals surface area contributed by atoms with Crippen molar-refractivity contribution in [1.29, 1.82) is 0 Å². The van der Waals surface area contributed by atoms with Gasteiger partial charge in [0.05, 0.1) is 5.54 Å². The van der Waals surface area contributed by atoms with E-state index in [1.807, 2.05) is 0 Å². The first kappa shape index (κ1) is 9.74. The van der Waals surface area contributed by atoms with Gasteiger partial charge in [-0.15, -0.1) is 0 Å². The molecule has 0 unspecified atom stereocenters. The molecule has 0 aromatic carbocycles. The normalized spacial score (nSPS) is 20.2. The first-order valence-corrected chi connectivity index (χ1v) is 4.67. The molecule has 0 saturated heterocycles. The largest absolute Gasteiger partial charge is 0.376 e. The van der Waals surface area contributed by atoms with Crippen molar-refractivity contribution in [2.24, 2.45) is 5.73 Å². The van der Waals surface area contributed by atoms with Crippen molar-refractivity contribution in [3.63, 3.8) is 0 Å². The molecule has 3 N–H and O–H groups in total. The fourth-order valence-electron chi connectivity index (χ4n) is 1.79. The molecule has 70 valence electrons. The third kappa shape index (κ3) is 2.32. The van der Waals surface area contributed by atoms with E-state index in [1.165, 1.54) is 19.3 Å². The zero-order valence-electron chi connectivity index (χ0n) is 7.76. The first-order valence-electron chi connectivity index (χ1n) is 4.26. The number of hydrogen-bond donors (Lipinski definition) is 2. The Kier molecular flexibility index (Phi) is 2.90. The Balaban J connectivity index is 2.45. The molecule has 0 atom stereocenters. The van der Waals surface area contributed by atoms with Crippen molar-refractivity contribution in [3.8, 4) is 0 Å². The summed E-state index contributed by atoms with van der Waals surface area (Å²) in [5, 5.41) is 3.62. The quantitative estimate of drug-likeness (QED) is 0.624. The average molecular weight is 187 g/mol. The molecule has 0 heterocycles. The molecule has 3 nitrogen and oxygen atoms in total. The third-order valence-corrected chi connectivity index (χ3v) is 2.42. The standard InChI is InChI=1S/C8H17N3S/c1-11(2)6-8(4-3-5-8)10-7(9)12/h3-6H2,1-2H3,(H3,9,10,12). The van der Waals surface area contributed by atoms with E-state index in [-0.39, 0.29) is 5.54 Å². The summed E-state index contributed by atoms with van der Waals surface area (Å²) in [5.74, 6) is 0. The molecule has 0 aromatic rings. The molecule has 0 spiro atoms. The highest BCUT2D eigenvalue weighted by atomic mass is 32.1. The topological polar surface area (TPSA) is 41.3 Å². The lowest BCUT2D eigenvalue weighted by atomic mass is 9.76. The van der Waals surface area contributed by atoms with Gasteiger partial charge in [0.2, 0.25) is 0 Å². The molecular formula is C8H17N3S. The average Bonchev–Trinajstić information content (AvgIpc) is 1.80. The smallest absolute Gasteiger partial charge is 0.164 e. The summed E-state index contributed by atoms with van der Waals surface area (Å²) in [5.41, 5.74) is 5.64. The summed E-state index contributed by atoms with van der Waals surface area (Å²) < 4.78 is 0. The molecule has 4 heteroatoms. The maximum absolute atomic E-state index is 5.47.